The van der Waals surface area contributed by atoms with Crippen molar-refractivity contribution in [2.24, 2.45) is 4.99 Å². The van der Waals surface area contributed by atoms with E-state index in [2.05, 4.69) is 9.98 Å². The lowest BCUT2D eigenvalue weighted by atomic mass is 10.3. The van der Waals surface area contributed by atoms with Crippen LogP contribution in [0.5, 0.6) is 0 Å². The summed E-state index contributed by atoms with van der Waals surface area (Å²) in [5, 5.41) is 0. The summed E-state index contributed by atoms with van der Waals surface area (Å²) < 4.78 is 14.7. The Morgan fingerprint density at radius 3 is 2.89 bits per heavy atom. The van der Waals surface area contributed by atoms with Crippen LogP contribution in [-0.4, -0.2) is 34.9 Å². The van der Waals surface area contributed by atoms with Crippen LogP contribution in [-0.2, 0) is 0 Å². The molecule has 0 saturated carbocycles. The molecule has 6 heteroatoms. The van der Waals surface area contributed by atoms with Crippen LogP contribution in [0.2, 0.25) is 0 Å². The minimum Gasteiger partial charge on any atom is -0.369 e. The second-order valence-corrected chi connectivity index (χ2v) is 3.98. The molecule has 0 bridgehead atoms. The normalized spacial score (nSPS) is 11.6. The second-order valence-electron chi connectivity index (χ2n) is 3.98. The van der Waals surface area contributed by atoms with E-state index >= 15 is 0 Å². The second kappa shape index (κ2) is 6.68. The van der Waals surface area contributed by atoms with Crippen molar-refractivity contribution in [3.05, 3.63) is 28.6 Å². The number of aromatic nitrogens is 2. The number of unbranched alkanes of at least 4 members (excludes halogenated alkanes) is 1. The van der Waals surface area contributed by atoms with E-state index in [-0.39, 0.29) is 5.82 Å². The van der Waals surface area contributed by atoms with E-state index < -0.39 is 11.5 Å². The molecular formula is C12H17FN4O. The van der Waals surface area contributed by atoms with Gasteiger partial charge in [0.1, 0.15) is 0 Å². The highest BCUT2D eigenvalue weighted by Crippen LogP contribution is 2.10. The van der Waals surface area contributed by atoms with E-state index in [9.17, 15) is 9.18 Å². The van der Waals surface area contributed by atoms with Crippen LogP contribution >= 0.6 is 0 Å². The molecule has 0 radical (unpaired) electrons. The van der Waals surface area contributed by atoms with Crippen molar-refractivity contribution in [2.45, 2.75) is 19.8 Å². The summed E-state index contributed by atoms with van der Waals surface area (Å²) in [6, 6.07) is 0. The highest BCUT2D eigenvalue weighted by atomic mass is 19.1. The van der Waals surface area contributed by atoms with Gasteiger partial charge in [-0.2, -0.15) is 4.98 Å². The zero-order valence-corrected chi connectivity index (χ0v) is 10.8. The highest BCUT2D eigenvalue weighted by Gasteiger charge is 2.05. The third-order valence-corrected chi connectivity index (χ3v) is 2.02. The fourth-order valence-corrected chi connectivity index (χ4v) is 1.16. The topological polar surface area (TPSA) is 50.5 Å². The van der Waals surface area contributed by atoms with E-state index in [1.807, 2.05) is 6.92 Å². The van der Waals surface area contributed by atoms with Crippen LogP contribution in [0, 0.1) is 5.82 Å². The summed E-state index contributed by atoms with van der Waals surface area (Å²) in [7, 11) is 3.49. The van der Waals surface area contributed by atoms with Crippen molar-refractivity contribution in [2.75, 3.05) is 14.1 Å². The third-order valence-electron chi connectivity index (χ3n) is 2.02. The average Bonchev–Trinajstić information content (AvgIpc) is 2.31. The molecule has 0 N–H and O–H groups in total. The quantitative estimate of drug-likeness (QED) is 0.594. The van der Waals surface area contributed by atoms with Gasteiger partial charge in [-0.1, -0.05) is 19.4 Å². The van der Waals surface area contributed by atoms with Gasteiger partial charge in [0.25, 0.3) is 0 Å². The minimum absolute atomic E-state index is 0.200. The molecule has 1 aromatic rings. The minimum atomic E-state index is -0.631. The van der Waals surface area contributed by atoms with Gasteiger partial charge in [0.15, 0.2) is 11.6 Å². The van der Waals surface area contributed by atoms with Gasteiger partial charge in [-0.05, 0) is 6.42 Å². The molecule has 0 aliphatic carbocycles. The Morgan fingerprint density at radius 2 is 2.28 bits per heavy atom. The standard InChI is InChI=1S/C12H17FN4O/c1-4-5-6-7-17-8-10(13)11(15-12(17)18)14-9-16(2)3/h6-9H,4-5H2,1-3H3/b7-6+,14-9+. The van der Waals surface area contributed by atoms with Crippen molar-refractivity contribution >= 4 is 18.4 Å². The van der Waals surface area contributed by atoms with Crippen LogP contribution in [0.25, 0.3) is 6.20 Å². The number of halogens is 1. The summed E-state index contributed by atoms with van der Waals surface area (Å²) in [5.41, 5.74) is -0.547. The number of rotatable bonds is 5. The Labute approximate surface area is 105 Å². The van der Waals surface area contributed by atoms with E-state index in [1.165, 1.54) is 12.5 Å². The molecule has 0 fully saturated rings. The SMILES string of the molecule is CCC/C=C/n1cc(F)c(/N=C/N(C)C)nc1=O. The van der Waals surface area contributed by atoms with Crippen molar-refractivity contribution in [3.63, 3.8) is 0 Å². The molecule has 1 rings (SSSR count). The number of nitrogens with zero attached hydrogens (tertiary/aromatic N) is 4. The number of hydrogen-bond donors (Lipinski definition) is 0. The maximum atomic E-state index is 13.6. The van der Waals surface area contributed by atoms with Gasteiger partial charge in [-0.15, -0.1) is 0 Å². The van der Waals surface area contributed by atoms with Crippen LogP contribution < -0.4 is 5.69 Å². The summed E-state index contributed by atoms with van der Waals surface area (Å²) in [6.07, 6.45) is 7.58. The average molecular weight is 252 g/mol. The monoisotopic (exact) mass is 252 g/mol. The summed E-state index contributed by atoms with van der Waals surface area (Å²) >= 11 is 0. The Bertz CT molecular complexity index is 505. The zero-order chi connectivity index (χ0) is 13.5. The molecule has 0 aliphatic heterocycles. The Kier molecular flexibility index (Phi) is 5.23. The van der Waals surface area contributed by atoms with Crippen molar-refractivity contribution in [3.8, 4) is 0 Å². The summed E-state index contributed by atoms with van der Waals surface area (Å²) in [5.74, 6) is -0.831. The van der Waals surface area contributed by atoms with E-state index in [0.29, 0.717) is 0 Å². The zero-order valence-electron chi connectivity index (χ0n) is 10.8. The van der Waals surface area contributed by atoms with Crippen molar-refractivity contribution in [1.82, 2.24) is 14.5 Å². The van der Waals surface area contributed by atoms with Crippen LogP contribution in [0.3, 0.4) is 0 Å². The van der Waals surface area contributed by atoms with Gasteiger partial charge in [0.05, 0.1) is 12.5 Å². The van der Waals surface area contributed by atoms with Crippen molar-refractivity contribution < 1.29 is 4.39 Å². The smallest absolute Gasteiger partial charge is 0.353 e. The maximum absolute atomic E-state index is 13.6. The lowest BCUT2D eigenvalue weighted by molar-refractivity contribution is 0.603. The van der Waals surface area contributed by atoms with Gasteiger partial charge in [-0.25, -0.2) is 14.2 Å². The molecular weight excluding hydrogens is 235 g/mol. The Morgan fingerprint density at radius 1 is 1.56 bits per heavy atom. The first-order chi connectivity index (χ1) is 8.54. The van der Waals surface area contributed by atoms with Gasteiger partial charge in [0, 0.05) is 20.3 Å². The van der Waals surface area contributed by atoms with Gasteiger partial charge >= 0.3 is 5.69 Å². The highest BCUT2D eigenvalue weighted by molar-refractivity contribution is 5.58. The fraction of sp³-hybridized carbons (Fsp3) is 0.417. The molecule has 0 saturated heterocycles. The van der Waals surface area contributed by atoms with E-state index in [4.69, 9.17) is 0 Å². The van der Waals surface area contributed by atoms with Gasteiger partial charge in [0.2, 0.25) is 0 Å². The van der Waals surface area contributed by atoms with Crippen LogP contribution in [0.15, 0.2) is 22.1 Å². The summed E-state index contributed by atoms with van der Waals surface area (Å²) in [6.45, 7) is 2.02. The van der Waals surface area contributed by atoms with Gasteiger partial charge in [-0.3, -0.25) is 4.57 Å². The van der Waals surface area contributed by atoms with Crippen molar-refractivity contribution in [1.29, 1.82) is 0 Å². The molecule has 98 valence electrons. The Balaban J connectivity index is 3.01. The molecule has 1 heterocycles. The summed E-state index contributed by atoms with van der Waals surface area (Å²) in [4.78, 5) is 20.6. The third kappa shape index (κ3) is 4.12. The molecule has 0 aromatic carbocycles. The number of aliphatic imine (C=N–C) groups is 1. The number of hydrogen-bond acceptors (Lipinski definition) is 3. The van der Waals surface area contributed by atoms with Crippen LogP contribution in [0.1, 0.15) is 19.8 Å². The van der Waals surface area contributed by atoms with Gasteiger partial charge < -0.3 is 4.90 Å². The maximum Gasteiger partial charge on any atom is 0.353 e. The lowest BCUT2D eigenvalue weighted by Gasteiger charge is -2.03. The Hall–Kier alpha value is -1.98. The lowest BCUT2D eigenvalue weighted by Crippen LogP contribution is -2.19. The largest absolute Gasteiger partial charge is 0.369 e. The fourth-order valence-electron chi connectivity index (χ4n) is 1.16. The first-order valence-corrected chi connectivity index (χ1v) is 5.70. The number of allylic oxidation sites excluding steroid dienone is 1. The first kappa shape index (κ1) is 14.1. The molecule has 0 amide bonds. The molecule has 0 aliphatic rings. The predicted octanol–water partition coefficient (Wildman–Crippen LogP) is 1.87. The molecule has 18 heavy (non-hydrogen) atoms. The molecule has 1 aromatic heterocycles. The van der Waals surface area contributed by atoms with E-state index in [0.717, 1.165) is 23.6 Å². The van der Waals surface area contributed by atoms with E-state index in [1.54, 1.807) is 25.1 Å². The molecule has 0 atom stereocenters. The van der Waals surface area contributed by atoms with Crippen LogP contribution in [0.4, 0.5) is 10.2 Å². The predicted molar refractivity (Wildman–Crippen MR) is 70.5 cm³/mol. The first-order valence-electron chi connectivity index (χ1n) is 5.70. The molecule has 0 unspecified atom stereocenters. The molecule has 5 nitrogen and oxygen atoms in total. The molecule has 0 spiro atoms.